The second-order valence-corrected chi connectivity index (χ2v) is 4.68. The summed E-state index contributed by atoms with van der Waals surface area (Å²) >= 11 is 0. The maximum Gasteiger partial charge on any atom is 0.160 e. The van der Waals surface area contributed by atoms with Crippen molar-refractivity contribution >= 4 is 16.7 Å². The van der Waals surface area contributed by atoms with E-state index in [1.165, 1.54) is 25.0 Å². The highest BCUT2D eigenvalue weighted by molar-refractivity contribution is 6.06. The lowest BCUT2D eigenvalue weighted by molar-refractivity contribution is 0.101. The molecule has 0 radical (unpaired) electrons. The van der Waals surface area contributed by atoms with E-state index in [-0.39, 0.29) is 5.78 Å². The minimum Gasteiger partial charge on any atom is -0.358 e. The summed E-state index contributed by atoms with van der Waals surface area (Å²) in [6, 6.07) is 8.06. The fourth-order valence-electron chi connectivity index (χ4n) is 2.42. The number of Topliss-reactive ketones (excluding diaryl/α,β-unsaturated/α-hetero) is 1. The third kappa shape index (κ3) is 1.37. The van der Waals surface area contributed by atoms with E-state index in [0.29, 0.717) is 5.92 Å². The van der Waals surface area contributed by atoms with Gasteiger partial charge in [-0.1, -0.05) is 18.6 Å². The van der Waals surface area contributed by atoms with Gasteiger partial charge in [-0.25, -0.2) is 0 Å². The molecule has 0 spiro atoms. The van der Waals surface area contributed by atoms with Crippen molar-refractivity contribution in [2.24, 2.45) is 0 Å². The summed E-state index contributed by atoms with van der Waals surface area (Å²) in [6.07, 6.45) is 3.89. The van der Waals surface area contributed by atoms with E-state index in [4.69, 9.17) is 0 Å². The van der Waals surface area contributed by atoms with Gasteiger partial charge in [-0.2, -0.15) is 0 Å². The molecule has 0 bridgehead atoms. The highest BCUT2D eigenvalue weighted by atomic mass is 16.1. The maximum absolute atomic E-state index is 11.5. The number of nitrogens with one attached hydrogen (secondary N) is 1. The zero-order valence-corrected chi connectivity index (χ0v) is 9.42. The predicted octanol–water partition coefficient (Wildman–Crippen LogP) is 3.64. The molecule has 0 atom stereocenters. The average Bonchev–Trinajstić information content (AvgIpc) is 2.56. The van der Waals surface area contributed by atoms with Gasteiger partial charge in [0.25, 0.3) is 0 Å². The maximum atomic E-state index is 11.5. The summed E-state index contributed by atoms with van der Waals surface area (Å²) in [6.45, 7) is 1.63. The van der Waals surface area contributed by atoms with Crippen LogP contribution in [0.3, 0.4) is 0 Å². The Morgan fingerprint density at radius 1 is 1.38 bits per heavy atom. The lowest BCUT2D eigenvalue weighted by Crippen LogP contribution is -2.08. The Kier molecular flexibility index (Phi) is 2.10. The molecule has 3 rings (SSSR count). The number of aromatic amines is 1. The van der Waals surface area contributed by atoms with Crippen molar-refractivity contribution < 1.29 is 4.79 Å². The first-order chi connectivity index (χ1) is 7.75. The van der Waals surface area contributed by atoms with Gasteiger partial charge in [-0.15, -0.1) is 0 Å². The van der Waals surface area contributed by atoms with E-state index in [9.17, 15) is 4.79 Å². The molecule has 0 saturated heterocycles. The van der Waals surface area contributed by atoms with E-state index >= 15 is 0 Å². The molecule has 1 aromatic carbocycles. The van der Waals surface area contributed by atoms with Crippen LogP contribution in [0.5, 0.6) is 0 Å². The largest absolute Gasteiger partial charge is 0.358 e. The van der Waals surface area contributed by atoms with Crippen molar-refractivity contribution in [1.29, 1.82) is 0 Å². The van der Waals surface area contributed by atoms with Crippen molar-refractivity contribution in [3.05, 3.63) is 35.5 Å². The summed E-state index contributed by atoms with van der Waals surface area (Å²) in [5.74, 6) is 0.831. The minimum atomic E-state index is 0.143. The number of hydrogen-bond donors (Lipinski definition) is 1. The van der Waals surface area contributed by atoms with Crippen LogP contribution < -0.4 is 0 Å². The zero-order valence-electron chi connectivity index (χ0n) is 9.42. The Bertz CT molecular complexity index is 549. The van der Waals surface area contributed by atoms with Gasteiger partial charge in [0.15, 0.2) is 5.78 Å². The van der Waals surface area contributed by atoms with Crippen LogP contribution in [0.15, 0.2) is 24.3 Å². The number of ketones is 1. The molecule has 1 aromatic heterocycles. The van der Waals surface area contributed by atoms with Crippen molar-refractivity contribution in [3.8, 4) is 0 Å². The molecule has 2 aromatic rings. The fourth-order valence-corrected chi connectivity index (χ4v) is 2.42. The molecule has 0 amide bonds. The van der Waals surface area contributed by atoms with Crippen LogP contribution in [0, 0.1) is 0 Å². The Balaban J connectivity index is 2.15. The second-order valence-electron chi connectivity index (χ2n) is 4.68. The topological polar surface area (TPSA) is 32.9 Å². The van der Waals surface area contributed by atoms with Crippen molar-refractivity contribution in [1.82, 2.24) is 4.98 Å². The van der Waals surface area contributed by atoms with Gasteiger partial charge in [-0.3, -0.25) is 4.79 Å². The third-order valence-corrected chi connectivity index (χ3v) is 3.61. The van der Waals surface area contributed by atoms with Gasteiger partial charge in [0.2, 0.25) is 0 Å². The van der Waals surface area contributed by atoms with E-state index in [0.717, 1.165) is 16.5 Å². The molecule has 1 aliphatic carbocycles. The van der Waals surface area contributed by atoms with E-state index < -0.39 is 0 Å². The van der Waals surface area contributed by atoms with Crippen LogP contribution >= 0.6 is 0 Å². The lowest BCUT2D eigenvalue weighted by Gasteiger charge is -2.23. The van der Waals surface area contributed by atoms with Crippen LogP contribution in [-0.4, -0.2) is 10.8 Å². The number of rotatable bonds is 2. The number of hydrogen-bond acceptors (Lipinski definition) is 1. The number of fused-ring (bicyclic) bond motifs is 1. The number of benzene rings is 1. The Morgan fingerprint density at radius 3 is 2.81 bits per heavy atom. The van der Waals surface area contributed by atoms with Crippen molar-refractivity contribution in [3.63, 3.8) is 0 Å². The fraction of sp³-hybridized carbons (Fsp3) is 0.357. The molecule has 1 N–H and O–H groups in total. The molecule has 2 heteroatoms. The number of H-pyrrole nitrogens is 1. The first-order valence-electron chi connectivity index (χ1n) is 5.88. The van der Waals surface area contributed by atoms with Crippen LogP contribution in [-0.2, 0) is 0 Å². The normalized spacial score (nSPS) is 16.3. The predicted molar refractivity (Wildman–Crippen MR) is 64.9 cm³/mol. The minimum absolute atomic E-state index is 0.143. The number of aromatic nitrogens is 1. The quantitative estimate of drug-likeness (QED) is 0.759. The monoisotopic (exact) mass is 213 g/mol. The summed E-state index contributed by atoms with van der Waals surface area (Å²) in [7, 11) is 0. The smallest absolute Gasteiger partial charge is 0.160 e. The Labute approximate surface area is 94.7 Å². The molecular weight excluding hydrogens is 198 g/mol. The highest BCUT2D eigenvalue weighted by Crippen LogP contribution is 2.37. The molecule has 2 nitrogen and oxygen atoms in total. The van der Waals surface area contributed by atoms with Crippen molar-refractivity contribution in [2.45, 2.75) is 32.1 Å². The van der Waals surface area contributed by atoms with E-state index in [2.05, 4.69) is 11.1 Å². The Hall–Kier alpha value is -1.57. The molecule has 0 aliphatic heterocycles. The molecule has 82 valence electrons. The van der Waals surface area contributed by atoms with E-state index in [1.54, 1.807) is 6.92 Å². The van der Waals surface area contributed by atoms with Gasteiger partial charge in [0.05, 0.1) is 0 Å². The molecule has 1 aliphatic rings. The molecule has 1 saturated carbocycles. The number of carbonyl (C=O) groups is 1. The number of carbonyl (C=O) groups excluding carboxylic acids is 1. The van der Waals surface area contributed by atoms with Crippen LogP contribution in [0.2, 0.25) is 0 Å². The zero-order chi connectivity index (χ0) is 11.1. The summed E-state index contributed by atoms with van der Waals surface area (Å²) in [5.41, 5.74) is 3.23. The molecular formula is C14H15NO. The van der Waals surface area contributed by atoms with Gasteiger partial charge in [0.1, 0.15) is 0 Å². The van der Waals surface area contributed by atoms with Gasteiger partial charge < -0.3 is 4.98 Å². The van der Waals surface area contributed by atoms with Crippen LogP contribution in [0.4, 0.5) is 0 Å². The average molecular weight is 213 g/mol. The van der Waals surface area contributed by atoms with Crippen LogP contribution in [0.1, 0.15) is 48.2 Å². The standard InChI is InChI=1S/C14H15NO/c1-9(16)11-6-3-7-13-12(11)8-14(15-13)10-4-2-5-10/h3,6-8,10,15H,2,4-5H2,1H3. The molecule has 1 fully saturated rings. The summed E-state index contributed by atoms with van der Waals surface area (Å²) in [5, 5.41) is 1.08. The van der Waals surface area contributed by atoms with Gasteiger partial charge in [0, 0.05) is 22.2 Å². The van der Waals surface area contributed by atoms with Crippen LogP contribution in [0.25, 0.3) is 10.9 Å². The molecule has 1 heterocycles. The third-order valence-electron chi connectivity index (χ3n) is 3.61. The Morgan fingerprint density at radius 2 is 2.19 bits per heavy atom. The first-order valence-corrected chi connectivity index (χ1v) is 5.88. The van der Waals surface area contributed by atoms with Gasteiger partial charge >= 0.3 is 0 Å². The van der Waals surface area contributed by atoms with Gasteiger partial charge in [-0.05, 0) is 37.8 Å². The highest BCUT2D eigenvalue weighted by Gasteiger charge is 2.21. The summed E-state index contributed by atoms with van der Waals surface area (Å²) in [4.78, 5) is 14.9. The first kappa shape index (κ1) is 9.64. The van der Waals surface area contributed by atoms with Crippen molar-refractivity contribution in [2.75, 3.05) is 0 Å². The van der Waals surface area contributed by atoms with E-state index in [1.807, 2.05) is 18.2 Å². The SMILES string of the molecule is CC(=O)c1cccc2[nH]c(C3CCC3)cc12. The second kappa shape index (κ2) is 3.48. The molecule has 16 heavy (non-hydrogen) atoms. The molecule has 0 unspecified atom stereocenters. The lowest BCUT2D eigenvalue weighted by atomic mass is 9.83. The summed E-state index contributed by atoms with van der Waals surface area (Å²) < 4.78 is 0.